The third kappa shape index (κ3) is 3.83. The predicted octanol–water partition coefficient (Wildman–Crippen LogP) is 4.81. The maximum atomic E-state index is 2.52. The second-order valence-corrected chi connectivity index (χ2v) is 10.8. The van der Waals surface area contributed by atoms with Gasteiger partial charge < -0.3 is 0 Å². The zero-order valence-corrected chi connectivity index (χ0v) is 23.3. The summed E-state index contributed by atoms with van der Waals surface area (Å²) in [6.45, 7) is 12.6. The van der Waals surface area contributed by atoms with Gasteiger partial charge in [0.15, 0.2) is 0 Å². The monoisotopic (exact) mass is 650 g/mol. The Bertz CT molecular complexity index is 1150. The lowest BCUT2D eigenvalue weighted by Crippen LogP contribution is -2.40. The molecule has 2 aromatic carbocycles. The van der Waals surface area contributed by atoms with E-state index in [1.165, 1.54) is 52.7 Å². The van der Waals surface area contributed by atoms with Crippen molar-refractivity contribution >= 4 is 45.2 Å². The Morgan fingerprint density at radius 3 is 1.44 bits per heavy atom. The molecular formula is C26H28I2N4+2. The number of imidazole rings is 2. The minimum Gasteiger partial charge on any atom is -0.218 e. The van der Waals surface area contributed by atoms with Crippen LogP contribution in [-0.2, 0) is 26.2 Å². The Hall–Kier alpha value is -1.68. The molecule has 3 heterocycles. The molecule has 0 amide bonds. The molecule has 4 nitrogen and oxygen atoms in total. The zero-order valence-electron chi connectivity index (χ0n) is 19.0. The quantitative estimate of drug-likeness (QED) is 0.169. The number of hydrogen-bond donors (Lipinski definition) is 0. The minimum atomic E-state index is 0.895. The van der Waals surface area contributed by atoms with Crippen molar-refractivity contribution in [2.45, 2.75) is 53.9 Å². The maximum Gasteiger partial charge on any atom is 0.318 e. The molecule has 0 radical (unpaired) electrons. The summed E-state index contributed by atoms with van der Waals surface area (Å²) in [6, 6.07) is 18.2. The van der Waals surface area contributed by atoms with Crippen LogP contribution in [0.1, 0.15) is 45.0 Å². The highest BCUT2D eigenvalue weighted by Gasteiger charge is 2.26. The minimum absolute atomic E-state index is 0.895. The molecule has 2 aromatic heterocycles. The van der Waals surface area contributed by atoms with Crippen molar-refractivity contribution in [3.63, 3.8) is 0 Å². The van der Waals surface area contributed by atoms with E-state index in [1.807, 2.05) is 0 Å². The van der Waals surface area contributed by atoms with E-state index < -0.39 is 0 Å². The summed E-state index contributed by atoms with van der Waals surface area (Å²) in [6.07, 6.45) is 0. The van der Waals surface area contributed by atoms with Gasteiger partial charge in [-0.1, -0.05) is 36.4 Å². The standard InChI is InChI=1S/C26H28I2N4/c1-17-18(2)30-14-22-8-6-10-24(12-22)16-32-20(4)19(3)31(26(32)28)15-23-9-5-7-21(11-23)13-29(17)25(30)27/h5-12H,13-16H2,1-4H3/q+2. The summed E-state index contributed by atoms with van der Waals surface area (Å²) < 4.78 is 12.4. The molecule has 1 aliphatic rings. The lowest BCUT2D eigenvalue weighted by atomic mass is 10.1. The van der Waals surface area contributed by atoms with Gasteiger partial charge >= 0.3 is 7.66 Å². The second-order valence-electron chi connectivity index (χ2n) is 8.86. The Balaban J connectivity index is 1.71. The first-order chi connectivity index (χ1) is 15.3. The molecule has 4 aromatic rings. The Morgan fingerprint density at radius 1 is 0.625 bits per heavy atom. The number of hydrogen-bond acceptors (Lipinski definition) is 0. The van der Waals surface area contributed by atoms with Gasteiger partial charge in [0.2, 0.25) is 0 Å². The molecule has 1 aliphatic heterocycles. The van der Waals surface area contributed by atoms with Gasteiger partial charge in [0.1, 0.15) is 49.0 Å². The van der Waals surface area contributed by atoms with Crippen LogP contribution in [-0.4, -0.2) is 9.13 Å². The molecule has 0 unspecified atom stereocenters. The lowest BCUT2D eigenvalue weighted by Gasteiger charge is -2.07. The summed E-state index contributed by atoms with van der Waals surface area (Å²) in [7, 11) is 0. The van der Waals surface area contributed by atoms with Gasteiger partial charge in [0.25, 0.3) is 0 Å². The van der Waals surface area contributed by atoms with Crippen molar-refractivity contribution in [1.29, 1.82) is 0 Å². The Labute approximate surface area is 217 Å². The predicted molar refractivity (Wildman–Crippen MR) is 143 cm³/mol. The van der Waals surface area contributed by atoms with E-state index in [4.69, 9.17) is 0 Å². The number of nitrogens with zero attached hydrogens (tertiary/aromatic N) is 4. The van der Waals surface area contributed by atoms with Crippen molar-refractivity contribution in [2.75, 3.05) is 0 Å². The highest BCUT2D eigenvalue weighted by atomic mass is 127. The molecule has 0 fully saturated rings. The van der Waals surface area contributed by atoms with Gasteiger partial charge in [-0.25, -0.2) is 18.3 Å². The van der Waals surface area contributed by atoms with Gasteiger partial charge in [-0.2, -0.15) is 0 Å². The SMILES string of the molecule is Cc1c(C)[n+]2c(I)n1Cc1cccc(c1)Cn1c(C)c(C)[n+](c1I)Cc1cccc(c1)C2. The number of benzene rings is 2. The Morgan fingerprint density at radius 2 is 1.00 bits per heavy atom. The molecule has 0 aliphatic carbocycles. The smallest absolute Gasteiger partial charge is 0.218 e. The van der Waals surface area contributed by atoms with E-state index in [1.54, 1.807) is 0 Å². The van der Waals surface area contributed by atoms with E-state index >= 15 is 0 Å². The molecule has 0 N–H and O–H groups in total. The second kappa shape index (κ2) is 8.59. The lowest BCUT2D eigenvalue weighted by molar-refractivity contribution is -0.707. The fraction of sp³-hybridized carbons (Fsp3) is 0.308. The average molecular weight is 650 g/mol. The van der Waals surface area contributed by atoms with Crippen LogP contribution in [0.5, 0.6) is 0 Å². The number of halogens is 2. The fourth-order valence-corrected chi connectivity index (χ4v) is 6.87. The third-order valence-electron chi connectivity index (χ3n) is 6.90. The molecule has 6 heteroatoms. The van der Waals surface area contributed by atoms with E-state index in [9.17, 15) is 0 Å². The van der Waals surface area contributed by atoms with Crippen molar-refractivity contribution in [1.82, 2.24) is 9.13 Å². The molecule has 0 saturated carbocycles. The van der Waals surface area contributed by atoms with E-state index in [0.29, 0.717) is 0 Å². The van der Waals surface area contributed by atoms with Gasteiger partial charge in [-0.05, 0) is 34.4 Å². The summed E-state index contributed by atoms with van der Waals surface area (Å²) in [5.41, 5.74) is 10.8. The molecule has 0 saturated heterocycles. The van der Waals surface area contributed by atoms with Crippen molar-refractivity contribution in [3.05, 3.63) is 101 Å². The van der Waals surface area contributed by atoms with Crippen LogP contribution in [0.25, 0.3) is 0 Å². The largest absolute Gasteiger partial charge is 0.318 e. The molecule has 164 valence electrons. The molecule has 8 bridgehead atoms. The van der Waals surface area contributed by atoms with Gasteiger partial charge in [-0.15, -0.1) is 0 Å². The van der Waals surface area contributed by atoms with Crippen LogP contribution in [0.15, 0.2) is 48.5 Å². The molecular weight excluding hydrogens is 622 g/mol. The highest BCUT2D eigenvalue weighted by Crippen LogP contribution is 2.19. The Kier molecular flexibility index (Phi) is 5.94. The van der Waals surface area contributed by atoms with Crippen molar-refractivity contribution < 1.29 is 9.13 Å². The zero-order chi connectivity index (χ0) is 22.6. The van der Waals surface area contributed by atoms with E-state index in [-0.39, 0.29) is 0 Å². The van der Waals surface area contributed by atoms with Gasteiger partial charge in [0.05, 0.1) is 45.2 Å². The number of aromatic nitrogens is 4. The van der Waals surface area contributed by atoms with Gasteiger partial charge in [0, 0.05) is 27.7 Å². The summed E-state index contributed by atoms with van der Waals surface area (Å²) >= 11 is 5.04. The topological polar surface area (TPSA) is 17.6 Å². The van der Waals surface area contributed by atoms with Crippen LogP contribution in [0.3, 0.4) is 0 Å². The summed E-state index contributed by atoms with van der Waals surface area (Å²) in [4.78, 5) is 0. The van der Waals surface area contributed by atoms with Gasteiger partial charge in [-0.3, -0.25) is 0 Å². The molecule has 5 rings (SSSR count). The number of rotatable bonds is 0. The van der Waals surface area contributed by atoms with Crippen LogP contribution in [0.2, 0.25) is 0 Å². The van der Waals surface area contributed by atoms with Crippen LogP contribution in [0, 0.1) is 35.4 Å². The average Bonchev–Trinajstić information content (AvgIpc) is 3.09. The first-order valence-corrected chi connectivity index (χ1v) is 13.1. The highest BCUT2D eigenvalue weighted by molar-refractivity contribution is 14.1. The fourth-order valence-electron chi connectivity index (χ4n) is 4.74. The van der Waals surface area contributed by atoms with Crippen LogP contribution >= 0.6 is 45.2 Å². The van der Waals surface area contributed by atoms with Crippen molar-refractivity contribution in [3.8, 4) is 0 Å². The van der Waals surface area contributed by atoms with E-state index in [0.717, 1.165) is 26.2 Å². The molecule has 0 atom stereocenters. The molecule has 0 spiro atoms. The maximum absolute atomic E-state index is 2.52. The normalized spacial score (nSPS) is 13.4. The van der Waals surface area contributed by atoms with E-state index in [2.05, 4.69) is 140 Å². The number of fused-ring (bicyclic) bond motifs is 8. The third-order valence-corrected chi connectivity index (χ3v) is 9.23. The van der Waals surface area contributed by atoms with Crippen LogP contribution < -0.4 is 9.13 Å². The summed E-state index contributed by atoms with van der Waals surface area (Å²) in [5, 5.41) is 0. The summed E-state index contributed by atoms with van der Waals surface area (Å²) in [5.74, 6) is 0. The van der Waals surface area contributed by atoms with Crippen LogP contribution in [0.4, 0.5) is 0 Å². The first-order valence-electron chi connectivity index (χ1n) is 11.0. The molecule has 32 heavy (non-hydrogen) atoms. The first kappa shape index (κ1) is 22.1. The van der Waals surface area contributed by atoms with Crippen molar-refractivity contribution in [2.24, 2.45) is 0 Å².